The van der Waals surface area contributed by atoms with Gasteiger partial charge in [0.15, 0.2) is 0 Å². The predicted molar refractivity (Wildman–Crippen MR) is 73.1 cm³/mol. The monoisotopic (exact) mass is 318 g/mol. The number of rotatable bonds is 9. The van der Waals surface area contributed by atoms with Crippen molar-refractivity contribution in [1.29, 1.82) is 0 Å². The largest absolute Gasteiger partial charge is 0.426 e. The summed E-state index contributed by atoms with van der Waals surface area (Å²) in [4.78, 5) is 44.0. The van der Waals surface area contributed by atoms with Crippen molar-refractivity contribution in [1.82, 2.24) is 0 Å². The van der Waals surface area contributed by atoms with Gasteiger partial charge in [-0.25, -0.2) is 0 Å². The van der Waals surface area contributed by atoms with Crippen LogP contribution in [0.3, 0.4) is 0 Å². The van der Waals surface area contributed by atoms with E-state index in [1.165, 1.54) is 27.7 Å². The Hall–Kier alpha value is -2.12. The fourth-order valence-corrected chi connectivity index (χ4v) is 1.54. The molecule has 0 amide bonds. The van der Waals surface area contributed by atoms with Gasteiger partial charge < -0.3 is 18.9 Å². The van der Waals surface area contributed by atoms with Gasteiger partial charge in [0.2, 0.25) is 12.6 Å². The van der Waals surface area contributed by atoms with E-state index in [0.29, 0.717) is 12.8 Å². The van der Waals surface area contributed by atoms with Crippen molar-refractivity contribution in [3.05, 3.63) is 0 Å². The zero-order valence-corrected chi connectivity index (χ0v) is 13.2. The zero-order valence-electron chi connectivity index (χ0n) is 13.2. The number of hydrogen-bond donors (Lipinski definition) is 0. The number of hydrogen-bond acceptors (Lipinski definition) is 8. The third kappa shape index (κ3) is 11.7. The molecule has 8 heteroatoms. The lowest BCUT2D eigenvalue weighted by molar-refractivity contribution is -0.185. The van der Waals surface area contributed by atoms with Crippen LogP contribution in [0, 0.1) is 0 Å². The highest BCUT2D eigenvalue weighted by molar-refractivity contribution is 5.71. The minimum absolute atomic E-state index is 0.0956. The zero-order chi connectivity index (χ0) is 17.1. The maximum absolute atomic E-state index is 11.4. The van der Waals surface area contributed by atoms with Crippen molar-refractivity contribution in [2.45, 2.75) is 66.0 Å². The molecule has 0 aromatic rings. The molecule has 0 fully saturated rings. The molecule has 2 unspecified atom stereocenters. The molecular weight excluding hydrogens is 296 g/mol. The molecule has 0 rings (SSSR count). The molecule has 22 heavy (non-hydrogen) atoms. The van der Waals surface area contributed by atoms with Gasteiger partial charge in [0.25, 0.3) is 0 Å². The van der Waals surface area contributed by atoms with Crippen LogP contribution in [-0.2, 0) is 38.1 Å². The van der Waals surface area contributed by atoms with Gasteiger partial charge in [-0.15, -0.1) is 0 Å². The molecule has 0 spiro atoms. The Balaban J connectivity index is 3.74. The fraction of sp³-hybridized carbons (Fsp3) is 0.714. The van der Waals surface area contributed by atoms with Gasteiger partial charge in [-0.2, -0.15) is 0 Å². The highest BCUT2D eigenvalue weighted by Gasteiger charge is 2.13. The number of carbonyl (C=O) groups excluding carboxylic acids is 4. The van der Waals surface area contributed by atoms with Crippen LogP contribution in [0.4, 0.5) is 0 Å². The Bertz CT molecular complexity index is 366. The third-order valence-electron chi connectivity index (χ3n) is 2.27. The average Bonchev–Trinajstić information content (AvgIpc) is 2.32. The maximum atomic E-state index is 11.4. The van der Waals surface area contributed by atoms with Crippen LogP contribution in [0.5, 0.6) is 0 Å². The first-order valence-corrected chi connectivity index (χ1v) is 6.94. The van der Waals surface area contributed by atoms with Crippen LogP contribution >= 0.6 is 0 Å². The molecule has 0 aliphatic carbocycles. The van der Waals surface area contributed by atoms with Gasteiger partial charge in [-0.3, -0.25) is 19.2 Å². The predicted octanol–water partition coefficient (Wildman–Crippen LogP) is 1.45. The Morgan fingerprint density at radius 1 is 0.682 bits per heavy atom. The second-order valence-corrected chi connectivity index (χ2v) is 4.54. The first-order valence-electron chi connectivity index (χ1n) is 6.94. The minimum Gasteiger partial charge on any atom is -0.426 e. The molecule has 0 aromatic heterocycles. The van der Waals surface area contributed by atoms with Gasteiger partial charge in [0.1, 0.15) is 0 Å². The number of unbranched alkanes of at least 4 members (excludes halogenated alkanes) is 1. The summed E-state index contributed by atoms with van der Waals surface area (Å²) >= 11 is 0. The van der Waals surface area contributed by atoms with Crippen LogP contribution in [0.15, 0.2) is 0 Å². The van der Waals surface area contributed by atoms with Crippen LogP contribution < -0.4 is 0 Å². The summed E-state index contributed by atoms with van der Waals surface area (Å²) in [6.07, 6.45) is -0.832. The smallest absolute Gasteiger partial charge is 0.308 e. The quantitative estimate of drug-likeness (QED) is 0.357. The standard InChI is InChI=1S/C14H22O8/c1-9(15)19-11(3)21-13(17)7-5-6-8-14(18)22-12(4)20-10(2)16/h11-12H,5-8H2,1-4H3. The Morgan fingerprint density at radius 3 is 1.27 bits per heavy atom. The Labute approximate surface area is 129 Å². The molecule has 0 heterocycles. The van der Waals surface area contributed by atoms with Crippen molar-refractivity contribution in [2.24, 2.45) is 0 Å². The normalized spacial score (nSPS) is 12.7. The van der Waals surface area contributed by atoms with Gasteiger partial charge in [0, 0.05) is 40.5 Å². The Morgan fingerprint density at radius 2 is 1.00 bits per heavy atom. The van der Waals surface area contributed by atoms with E-state index in [1.807, 2.05) is 0 Å². The minimum atomic E-state index is -0.931. The van der Waals surface area contributed by atoms with Gasteiger partial charge in [0.05, 0.1) is 0 Å². The number of ether oxygens (including phenoxy) is 4. The van der Waals surface area contributed by atoms with E-state index < -0.39 is 36.5 Å². The molecule has 126 valence electrons. The lowest BCUT2D eigenvalue weighted by Gasteiger charge is -2.13. The molecular formula is C14H22O8. The van der Waals surface area contributed by atoms with E-state index in [1.54, 1.807) is 0 Å². The van der Waals surface area contributed by atoms with Crippen LogP contribution in [-0.4, -0.2) is 36.5 Å². The number of esters is 4. The Kier molecular flexibility index (Phi) is 9.56. The van der Waals surface area contributed by atoms with Crippen molar-refractivity contribution < 1.29 is 38.1 Å². The summed E-state index contributed by atoms with van der Waals surface area (Å²) < 4.78 is 18.9. The van der Waals surface area contributed by atoms with Crippen LogP contribution in [0.25, 0.3) is 0 Å². The van der Waals surface area contributed by atoms with E-state index in [2.05, 4.69) is 9.47 Å². The number of carbonyl (C=O) groups is 4. The molecule has 0 radical (unpaired) electrons. The second-order valence-electron chi connectivity index (χ2n) is 4.54. The molecule has 0 bridgehead atoms. The first-order chi connectivity index (χ1) is 10.2. The van der Waals surface area contributed by atoms with E-state index in [0.717, 1.165) is 0 Å². The first kappa shape index (κ1) is 19.9. The molecule has 2 atom stereocenters. The summed E-state index contributed by atoms with van der Waals surface area (Å²) in [5.41, 5.74) is 0. The van der Waals surface area contributed by atoms with Gasteiger partial charge in [-0.05, 0) is 12.8 Å². The highest BCUT2D eigenvalue weighted by Crippen LogP contribution is 2.06. The maximum Gasteiger partial charge on any atom is 0.308 e. The van der Waals surface area contributed by atoms with E-state index in [9.17, 15) is 19.2 Å². The molecule has 0 aromatic carbocycles. The summed E-state index contributed by atoms with van der Waals surface area (Å²) in [6.45, 7) is 5.31. The topological polar surface area (TPSA) is 105 Å². The molecule has 0 aliphatic heterocycles. The van der Waals surface area contributed by atoms with Crippen molar-refractivity contribution in [3.8, 4) is 0 Å². The summed E-state index contributed by atoms with van der Waals surface area (Å²) in [5, 5.41) is 0. The molecule has 0 N–H and O–H groups in total. The van der Waals surface area contributed by atoms with Crippen molar-refractivity contribution in [3.63, 3.8) is 0 Å². The average molecular weight is 318 g/mol. The molecule has 0 aliphatic rings. The second kappa shape index (κ2) is 10.6. The summed E-state index contributed by atoms with van der Waals surface area (Å²) in [5.74, 6) is -2.11. The van der Waals surface area contributed by atoms with Gasteiger partial charge >= 0.3 is 23.9 Å². The van der Waals surface area contributed by atoms with E-state index in [4.69, 9.17) is 9.47 Å². The van der Waals surface area contributed by atoms with Crippen molar-refractivity contribution in [2.75, 3.05) is 0 Å². The SMILES string of the molecule is CC(=O)OC(C)OC(=O)CCCCC(=O)OC(C)OC(C)=O. The molecule has 0 saturated heterocycles. The van der Waals surface area contributed by atoms with Crippen molar-refractivity contribution >= 4 is 23.9 Å². The third-order valence-corrected chi connectivity index (χ3v) is 2.27. The van der Waals surface area contributed by atoms with Crippen LogP contribution in [0.2, 0.25) is 0 Å². The molecule has 0 saturated carbocycles. The lowest BCUT2D eigenvalue weighted by atomic mass is 10.2. The summed E-state index contributed by atoms with van der Waals surface area (Å²) in [7, 11) is 0. The summed E-state index contributed by atoms with van der Waals surface area (Å²) in [6, 6.07) is 0. The van der Waals surface area contributed by atoms with Crippen LogP contribution in [0.1, 0.15) is 53.4 Å². The van der Waals surface area contributed by atoms with Gasteiger partial charge in [-0.1, -0.05) is 0 Å². The highest BCUT2D eigenvalue weighted by atomic mass is 16.7. The van der Waals surface area contributed by atoms with E-state index >= 15 is 0 Å². The lowest BCUT2D eigenvalue weighted by Crippen LogP contribution is -2.21. The van der Waals surface area contributed by atoms with E-state index in [-0.39, 0.29) is 12.8 Å². The molecule has 8 nitrogen and oxygen atoms in total. The fourth-order valence-electron chi connectivity index (χ4n) is 1.54.